The first-order valence-electron chi connectivity index (χ1n) is 5.89. The monoisotopic (exact) mass is 235 g/mol. The van der Waals surface area contributed by atoms with Gasteiger partial charge in [0.05, 0.1) is 0 Å². The van der Waals surface area contributed by atoms with Crippen molar-refractivity contribution in [3.05, 3.63) is 29.8 Å². The van der Waals surface area contributed by atoms with Crippen molar-refractivity contribution in [3.63, 3.8) is 0 Å². The molecule has 0 spiro atoms. The first-order chi connectivity index (χ1) is 8.10. The molecule has 4 nitrogen and oxygen atoms in total. The number of rotatable bonds is 5. The van der Waals surface area contributed by atoms with Crippen molar-refractivity contribution >= 4 is 11.6 Å². The number of nitrogens with one attached hydrogen (secondary N) is 1. The molecule has 1 amide bonds. The van der Waals surface area contributed by atoms with Crippen LogP contribution in [0.3, 0.4) is 0 Å². The molecule has 94 valence electrons. The number of hydrogen-bond donors (Lipinski definition) is 2. The largest absolute Gasteiger partial charge is 0.363 e. The first-order valence-corrected chi connectivity index (χ1v) is 5.89. The van der Waals surface area contributed by atoms with Gasteiger partial charge in [-0.2, -0.15) is 0 Å². The summed E-state index contributed by atoms with van der Waals surface area (Å²) in [5, 5.41) is 2.82. The number of carbonyl (C=O) groups is 1. The lowest BCUT2D eigenvalue weighted by atomic mass is 10.1. The molecule has 1 atom stereocenters. The molecule has 3 N–H and O–H groups in total. The molecule has 0 aliphatic rings. The zero-order valence-corrected chi connectivity index (χ0v) is 10.7. The molecule has 1 unspecified atom stereocenters. The fraction of sp³-hybridized carbons (Fsp3) is 0.462. The summed E-state index contributed by atoms with van der Waals surface area (Å²) in [6, 6.07) is 7.75. The van der Waals surface area contributed by atoms with E-state index in [2.05, 4.69) is 5.32 Å². The zero-order valence-electron chi connectivity index (χ0n) is 10.7. The highest BCUT2D eigenvalue weighted by Crippen LogP contribution is 2.16. The number of nitrogens with two attached hydrogens (primary N) is 1. The molecule has 0 radical (unpaired) electrons. The average Bonchev–Trinajstić information content (AvgIpc) is 2.37. The maximum Gasteiger partial charge on any atom is 0.242 e. The summed E-state index contributed by atoms with van der Waals surface area (Å²) < 4.78 is 0. The third-order valence-electron chi connectivity index (χ3n) is 2.89. The molecule has 0 aliphatic heterocycles. The van der Waals surface area contributed by atoms with Crippen LogP contribution in [0.1, 0.15) is 19.4 Å². The van der Waals surface area contributed by atoms with E-state index in [1.807, 2.05) is 50.1 Å². The van der Waals surface area contributed by atoms with Gasteiger partial charge in [0, 0.05) is 25.8 Å². The van der Waals surface area contributed by atoms with Gasteiger partial charge in [0.25, 0.3) is 0 Å². The normalized spacial score (nSPS) is 12.0. The fourth-order valence-corrected chi connectivity index (χ4v) is 1.59. The Hall–Kier alpha value is -1.55. The van der Waals surface area contributed by atoms with Crippen LogP contribution in [0.25, 0.3) is 0 Å². The molecule has 4 heteroatoms. The fourth-order valence-electron chi connectivity index (χ4n) is 1.59. The second-order valence-corrected chi connectivity index (χ2v) is 4.05. The van der Waals surface area contributed by atoms with Crippen LogP contribution in [0, 0.1) is 0 Å². The minimum Gasteiger partial charge on any atom is -0.363 e. The van der Waals surface area contributed by atoms with E-state index in [0.717, 1.165) is 11.3 Å². The minimum absolute atomic E-state index is 0.0397. The summed E-state index contributed by atoms with van der Waals surface area (Å²) >= 11 is 0. The predicted molar refractivity (Wildman–Crippen MR) is 70.9 cm³/mol. The van der Waals surface area contributed by atoms with E-state index in [9.17, 15) is 4.79 Å². The van der Waals surface area contributed by atoms with Crippen molar-refractivity contribution in [2.75, 3.05) is 18.5 Å². The topological polar surface area (TPSA) is 58.4 Å². The lowest BCUT2D eigenvalue weighted by Crippen LogP contribution is -2.43. The van der Waals surface area contributed by atoms with Crippen molar-refractivity contribution in [1.29, 1.82) is 0 Å². The minimum atomic E-state index is -0.182. The van der Waals surface area contributed by atoms with E-state index in [1.54, 1.807) is 0 Å². The molecule has 1 aromatic rings. The number of amides is 1. The second-order valence-electron chi connectivity index (χ2n) is 4.05. The summed E-state index contributed by atoms with van der Waals surface area (Å²) in [7, 11) is 1.91. The van der Waals surface area contributed by atoms with Crippen molar-refractivity contribution in [3.8, 4) is 0 Å². The molecule has 17 heavy (non-hydrogen) atoms. The number of anilines is 1. The quantitative estimate of drug-likeness (QED) is 0.803. The molecular formula is C13H21N3O. The standard InChI is InChI=1S/C13H21N3O/c1-4-15-13(17)10(2)16(3)12-7-5-11(9-14)6-8-12/h5-8,10H,4,9,14H2,1-3H3,(H,15,17). The lowest BCUT2D eigenvalue weighted by molar-refractivity contribution is -0.121. The maximum absolute atomic E-state index is 11.7. The Morgan fingerprint density at radius 2 is 2.00 bits per heavy atom. The van der Waals surface area contributed by atoms with Gasteiger partial charge in [-0.25, -0.2) is 0 Å². The summed E-state index contributed by atoms with van der Waals surface area (Å²) in [5.41, 5.74) is 7.65. The van der Waals surface area contributed by atoms with Gasteiger partial charge in [0.15, 0.2) is 0 Å². The Labute approximate surface area is 103 Å². The van der Waals surface area contributed by atoms with Gasteiger partial charge in [-0.1, -0.05) is 12.1 Å². The van der Waals surface area contributed by atoms with Crippen molar-refractivity contribution in [2.24, 2.45) is 5.73 Å². The molecule has 1 aromatic carbocycles. The smallest absolute Gasteiger partial charge is 0.242 e. The highest BCUT2D eigenvalue weighted by atomic mass is 16.2. The number of nitrogens with zero attached hydrogens (tertiary/aromatic N) is 1. The summed E-state index contributed by atoms with van der Waals surface area (Å²) in [5.74, 6) is 0.0397. The van der Waals surface area contributed by atoms with Crippen molar-refractivity contribution in [1.82, 2.24) is 5.32 Å². The SMILES string of the molecule is CCNC(=O)C(C)N(C)c1ccc(CN)cc1. The van der Waals surface area contributed by atoms with Gasteiger partial charge in [-0.15, -0.1) is 0 Å². The maximum atomic E-state index is 11.7. The third-order valence-corrected chi connectivity index (χ3v) is 2.89. The van der Waals surface area contributed by atoms with E-state index >= 15 is 0 Å². The van der Waals surface area contributed by atoms with E-state index in [4.69, 9.17) is 5.73 Å². The van der Waals surface area contributed by atoms with Gasteiger partial charge in [0.1, 0.15) is 6.04 Å². The molecule has 1 rings (SSSR count). The predicted octanol–water partition coefficient (Wildman–Crippen LogP) is 1.11. The number of carbonyl (C=O) groups excluding carboxylic acids is 1. The highest BCUT2D eigenvalue weighted by Gasteiger charge is 2.17. The number of hydrogen-bond acceptors (Lipinski definition) is 3. The number of benzene rings is 1. The highest BCUT2D eigenvalue weighted by molar-refractivity contribution is 5.84. The van der Waals surface area contributed by atoms with Gasteiger partial charge in [0.2, 0.25) is 5.91 Å². The molecular weight excluding hydrogens is 214 g/mol. The third kappa shape index (κ3) is 3.46. The summed E-state index contributed by atoms with van der Waals surface area (Å²) in [6.45, 7) is 5.00. The Morgan fingerprint density at radius 1 is 1.41 bits per heavy atom. The Kier molecular flexibility index (Phi) is 4.97. The molecule has 0 heterocycles. The number of likely N-dealkylation sites (N-methyl/N-ethyl adjacent to an activating group) is 2. The van der Waals surface area contributed by atoms with Crippen LogP contribution in [0.15, 0.2) is 24.3 Å². The second kappa shape index (κ2) is 6.25. The lowest BCUT2D eigenvalue weighted by Gasteiger charge is -2.26. The molecule has 0 fully saturated rings. The molecule has 0 aliphatic carbocycles. The van der Waals surface area contributed by atoms with E-state index in [1.165, 1.54) is 0 Å². The molecule has 0 saturated heterocycles. The Morgan fingerprint density at radius 3 is 2.47 bits per heavy atom. The Balaban J connectivity index is 2.73. The van der Waals surface area contributed by atoms with E-state index in [0.29, 0.717) is 13.1 Å². The Bertz CT molecular complexity index is 361. The molecule has 0 saturated carbocycles. The van der Waals surface area contributed by atoms with Gasteiger partial charge >= 0.3 is 0 Å². The van der Waals surface area contributed by atoms with E-state index < -0.39 is 0 Å². The molecule has 0 aromatic heterocycles. The van der Waals surface area contributed by atoms with Crippen LogP contribution in [-0.4, -0.2) is 25.5 Å². The van der Waals surface area contributed by atoms with Crippen LogP contribution in [0.5, 0.6) is 0 Å². The first kappa shape index (κ1) is 13.5. The summed E-state index contributed by atoms with van der Waals surface area (Å²) in [4.78, 5) is 13.7. The van der Waals surface area contributed by atoms with Crippen LogP contribution < -0.4 is 16.0 Å². The van der Waals surface area contributed by atoms with Gasteiger partial charge < -0.3 is 16.0 Å². The van der Waals surface area contributed by atoms with E-state index in [-0.39, 0.29) is 11.9 Å². The van der Waals surface area contributed by atoms with Crippen LogP contribution in [-0.2, 0) is 11.3 Å². The van der Waals surface area contributed by atoms with Gasteiger partial charge in [-0.3, -0.25) is 4.79 Å². The summed E-state index contributed by atoms with van der Waals surface area (Å²) in [6.07, 6.45) is 0. The van der Waals surface area contributed by atoms with Crippen molar-refractivity contribution < 1.29 is 4.79 Å². The van der Waals surface area contributed by atoms with Crippen molar-refractivity contribution in [2.45, 2.75) is 26.4 Å². The molecule has 0 bridgehead atoms. The van der Waals surface area contributed by atoms with Crippen LogP contribution in [0.4, 0.5) is 5.69 Å². The van der Waals surface area contributed by atoms with Gasteiger partial charge in [-0.05, 0) is 31.5 Å². The van der Waals surface area contributed by atoms with Crippen LogP contribution in [0.2, 0.25) is 0 Å². The average molecular weight is 235 g/mol. The van der Waals surface area contributed by atoms with Crippen LogP contribution >= 0.6 is 0 Å². The zero-order chi connectivity index (χ0) is 12.8.